The van der Waals surface area contributed by atoms with Crippen molar-refractivity contribution < 1.29 is 4.79 Å². The zero-order valence-electron chi connectivity index (χ0n) is 13.7. The molecule has 0 unspecified atom stereocenters. The highest BCUT2D eigenvalue weighted by molar-refractivity contribution is 7.99. The number of carbonyl (C=O) groups is 1. The van der Waals surface area contributed by atoms with Crippen LogP contribution in [0.3, 0.4) is 0 Å². The fourth-order valence-electron chi connectivity index (χ4n) is 2.39. The van der Waals surface area contributed by atoms with Crippen molar-refractivity contribution in [2.24, 2.45) is 5.73 Å². The predicted octanol–water partition coefficient (Wildman–Crippen LogP) is 1.35. The van der Waals surface area contributed by atoms with Crippen molar-refractivity contribution in [2.75, 3.05) is 11.5 Å². The van der Waals surface area contributed by atoms with E-state index in [9.17, 15) is 9.59 Å². The maximum Gasteiger partial charge on any atom is 0.328 e. The molecule has 2 heterocycles. The number of aromatic nitrogens is 4. The van der Waals surface area contributed by atoms with Crippen LogP contribution < -0.4 is 17.2 Å². The number of rotatable bonds is 6. The summed E-state index contributed by atoms with van der Waals surface area (Å²) in [6.07, 6.45) is 0.984. The van der Waals surface area contributed by atoms with E-state index in [1.807, 2.05) is 0 Å². The molecule has 0 aliphatic carbocycles. The number of aromatic amines is 1. The smallest absolute Gasteiger partial charge is 0.328 e. The average molecular weight is 358 g/mol. The Hall–Kier alpha value is -2.81. The Morgan fingerprint density at radius 1 is 1.28 bits per heavy atom. The molecule has 1 amide bonds. The molecule has 0 atom stereocenters. The van der Waals surface area contributed by atoms with Crippen LogP contribution in [0.25, 0.3) is 11.2 Å². The first-order valence-corrected chi connectivity index (χ1v) is 8.75. The fraction of sp³-hybridized carbons (Fsp3) is 0.250. The van der Waals surface area contributed by atoms with Crippen molar-refractivity contribution in [2.45, 2.75) is 25.0 Å². The van der Waals surface area contributed by atoms with Crippen molar-refractivity contribution in [1.29, 1.82) is 0 Å². The van der Waals surface area contributed by atoms with Crippen molar-refractivity contribution in [3.8, 4) is 0 Å². The Kier molecular flexibility index (Phi) is 4.75. The highest BCUT2D eigenvalue weighted by Crippen LogP contribution is 2.21. The quantitative estimate of drug-likeness (QED) is 0.450. The van der Waals surface area contributed by atoms with Gasteiger partial charge < -0.3 is 16.5 Å². The second-order valence-electron chi connectivity index (χ2n) is 5.52. The van der Waals surface area contributed by atoms with Gasteiger partial charge in [-0.15, -0.1) is 0 Å². The number of hydrogen-bond acceptors (Lipinski definition) is 6. The monoisotopic (exact) mass is 358 g/mol. The highest BCUT2D eigenvalue weighted by atomic mass is 32.2. The maximum atomic E-state index is 12.3. The Balaban J connectivity index is 2.00. The molecule has 0 spiro atoms. The van der Waals surface area contributed by atoms with Gasteiger partial charge in [0.25, 0.3) is 0 Å². The number of H-pyrrole nitrogens is 1. The van der Waals surface area contributed by atoms with Gasteiger partial charge >= 0.3 is 5.69 Å². The van der Waals surface area contributed by atoms with E-state index in [1.54, 1.807) is 24.3 Å². The molecular weight excluding hydrogens is 340 g/mol. The molecule has 3 aromatic rings. The Morgan fingerprint density at radius 3 is 2.64 bits per heavy atom. The highest BCUT2D eigenvalue weighted by Gasteiger charge is 2.14. The molecule has 0 fully saturated rings. The normalized spacial score (nSPS) is 11.1. The van der Waals surface area contributed by atoms with Gasteiger partial charge in [0.15, 0.2) is 16.6 Å². The summed E-state index contributed by atoms with van der Waals surface area (Å²) in [7, 11) is 0. The number of carbonyl (C=O) groups excluding carboxylic acids is 1. The molecule has 5 N–H and O–H groups in total. The van der Waals surface area contributed by atoms with Crippen LogP contribution >= 0.6 is 11.8 Å². The molecule has 0 aliphatic rings. The van der Waals surface area contributed by atoms with E-state index in [0.717, 1.165) is 17.7 Å². The molecule has 2 aromatic heterocycles. The van der Waals surface area contributed by atoms with Crippen LogP contribution in [0.4, 0.5) is 5.82 Å². The van der Waals surface area contributed by atoms with Gasteiger partial charge in [0.05, 0.1) is 6.54 Å². The third-order valence-electron chi connectivity index (χ3n) is 3.64. The number of hydrogen-bond donors (Lipinski definition) is 3. The van der Waals surface area contributed by atoms with Gasteiger partial charge in [-0.2, -0.15) is 0 Å². The molecule has 3 rings (SSSR count). The summed E-state index contributed by atoms with van der Waals surface area (Å²) < 4.78 is 1.50. The lowest BCUT2D eigenvalue weighted by molar-refractivity contribution is 0.100. The van der Waals surface area contributed by atoms with Gasteiger partial charge in [-0.1, -0.05) is 30.8 Å². The van der Waals surface area contributed by atoms with Crippen LogP contribution in [-0.2, 0) is 6.54 Å². The fourth-order valence-corrected chi connectivity index (χ4v) is 3.09. The van der Waals surface area contributed by atoms with Crippen LogP contribution in [-0.4, -0.2) is 31.2 Å². The summed E-state index contributed by atoms with van der Waals surface area (Å²) in [6, 6.07) is 6.76. The topological polar surface area (TPSA) is 133 Å². The van der Waals surface area contributed by atoms with Crippen LogP contribution in [0, 0.1) is 0 Å². The molecule has 0 aliphatic heterocycles. The third-order valence-corrected chi connectivity index (χ3v) is 4.70. The number of anilines is 1. The van der Waals surface area contributed by atoms with Gasteiger partial charge in [0.1, 0.15) is 5.52 Å². The first kappa shape index (κ1) is 17.0. The molecule has 9 heteroatoms. The van der Waals surface area contributed by atoms with Gasteiger partial charge in [0, 0.05) is 11.3 Å². The summed E-state index contributed by atoms with van der Waals surface area (Å²) in [5, 5.41) is 0.545. The minimum Gasteiger partial charge on any atom is -0.382 e. The van der Waals surface area contributed by atoms with Crippen molar-refractivity contribution in [3.63, 3.8) is 0 Å². The van der Waals surface area contributed by atoms with Gasteiger partial charge in [-0.25, -0.2) is 14.8 Å². The second kappa shape index (κ2) is 6.98. The summed E-state index contributed by atoms with van der Waals surface area (Å²) in [5.41, 5.74) is 13.0. The third kappa shape index (κ3) is 3.50. The number of primary amides is 1. The van der Waals surface area contributed by atoms with Crippen LogP contribution in [0.1, 0.15) is 29.3 Å². The van der Waals surface area contributed by atoms with E-state index >= 15 is 0 Å². The van der Waals surface area contributed by atoms with Gasteiger partial charge in [0.2, 0.25) is 5.91 Å². The van der Waals surface area contributed by atoms with Gasteiger partial charge in [-0.05, 0) is 24.1 Å². The molecule has 0 saturated heterocycles. The van der Waals surface area contributed by atoms with Crippen molar-refractivity contribution >= 4 is 34.7 Å². The van der Waals surface area contributed by atoms with Gasteiger partial charge in [-0.3, -0.25) is 9.36 Å². The standard InChI is InChI=1S/C16H18N6O2S/c1-2-7-25-15-20-12(17)11-14(21-15)22(16(24)19-11)8-9-3-5-10(6-4-9)13(18)23/h3-6H,2,7-8H2,1H3,(H2,18,23)(H,19,24)(H2,17,20,21). The van der Waals surface area contributed by atoms with E-state index in [2.05, 4.69) is 21.9 Å². The maximum absolute atomic E-state index is 12.3. The lowest BCUT2D eigenvalue weighted by Gasteiger charge is -2.06. The predicted molar refractivity (Wildman–Crippen MR) is 97.6 cm³/mol. The minimum atomic E-state index is -0.492. The molecule has 0 saturated carbocycles. The minimum absolute atomic E-state index is 0.253. The first-order valence-electron chi connectivity index (χ1n) is 7.77. The Labute approximate surface area is 147 Å². The van der Waals surface area contributed by atoms with Crippen LogP contribution in [0.15, 0.2) is 34.2 Å². The molecule has 1 aromatic carbocycles. The lowest BCUT2D eigenvalue weighted by Crippen LogP contribution is -2.18. The van der Waals surface area contributed by atoms with Crippen molar-refractivity contribution in [1.82, 2.24) is 19.5 Å². The van der Waals surface area contributed by atoms with E-state index in [-0.39, 0.29) is 11.5 Å². The summed E-state index contributed by atoms with van der Waals surface area (Å²) in [4.78, 5) is 34.8. The van der Waals surface area contributed by atoms with Crippen molar-refractivity contribution in [3.05, 3.63) is 45.9 Å². The molecule has 0 bridgehead atoms. The van der Waals surface area contributed by atoms with Crippen LogP contribution in [0.5, 0.6) is 0 Å². The van der Waals surface area contributed by atoms with E-state index in [4.69, 9.17) is 11.5 Å². The molecule has 8 nitrogen and oxygen atoms in total. The number of thioether (sulfide) groups is 1. The number of fused-ring (bicyclic) bond motifs is 1. The number of nitrogens with zero attached hydrogens (tertiary/aromatic N) is 3. The number of nitrogen functional groups attached to an aromatic ring is 1. The number of nitrogens with two attached hydrogens (primary N) is 2. The molecule has 25 heavy (non-hydrogen) atoms. The van der Waals surface area contributed by atoms with Crippen LogP contribution in [0.2, 0.25) is 0 Å². The first-order chi connectivity index (χ1) is 12.0. The summed E-state index contributed by atoms with van der Waals surface area (Å²) in [5.74, 6) is 0.631. The van der Waals surface area contributed by atoms with E-state index in [1.165, 1.54) is 16.3 Å². The number of imidazole rings is 1. The summed E-state index contributed by atoms with van der Waals surface area (Å²) in [6.45, 7) is 2.36. The number of nitrogens with one attached hydrogen (secondary N) is 1. The molecule has 0 radical (unpaired) electrons. The second-order valence-corrected chi connectivity index (χ2v) is 6.58. The number of amides is 1. The summed E-state index contributed by atoms with van der Waals surface area (Å²) >= 11 is 1.50. The van der Waals surface area contributed by atoms with E-state index < -0.39 is 5.91 Å². The zero-order valence-corrected chi connectivity index (χ0v) is 14.5. The van der Waals surface area contributed by atoms with E-state index in [0.29, 0.717) is 28.4 Å². The SMILES string of the molecule is CCCSc1nc(N)c2[nH]c(=O)n(Cc3ccc(C(N)=O)cc3)c2n1. The molecule has 130 valence electrons. The largest absolute Gasteiger partial charge is 0.382 e. The molecular formula is C16H18N6O2S. The number of benzene rings is 1. The Bertz CT molecular complexity index is 977. The zero-order chi connectivity index (χ0) is 18.0. The lowest BCUT2D eigenvalue weighted by atomic mass is 10.1. The average Bonchev–Trinajstić information content (AvgIpc) is 2.90. The Morgan fingerprint density at radius 2 is 2.00 bits per heavy atom.